The second-order valence-electron chi connectivity index (χ2n) is 3.14. The highest BCUT2D eigenvalue weighted by atomic mass is 16.5. The number of nitrogens with zero attached hydrogens (tertiary/aromatic N) is 1. The van der Waals surface area contributed by atoms with Crippen molar-refractivity contribution in [1.29, 1.82) is 0 Å². The molecule has 14 heavy (non-hydrogen) atoms. The van der Waals surface area contributed by atoms with E-state index in [1.165, 1.54) is 0 Å². The van der Waals surface area contributed by atoms with Gasteiger partial charge in [-0.25, -0.2) is 4.98 Å². The monoisotopic (exact) mass is 195 g/mol. The van der Waals surface area contributed by atoms with Crippen molar-refractivity contribution in [2.24, 2.45) is 5.73 Å². The van der Waals surface area contributed by atoms with Gasteiger partial charge < -0.3 is 15.8 Å². The minimum Gasteiger partial charge on any atom is -0.490 e. The molecule has 1 heterocycles. The first-order chi connectivity index (χ1) is 6.74. The van der Waals surface area contributed by atoms with Crippen molar-refractivity contribution in [3.05, 3.63) is 18.3 Å². The third-order valence-electron chi connectivity index (χ3n) is 1.66. The average molecular weight is 195 g/mol. The van der Waals surface area contributed by atoms with E-state index >= 15 is 0 Å². The van der Waals surface area contributed by atoms with Crippen molar-refractivity contribution >= 4 is 5.82 Å². The predicted molar refractivity (Wildman–Crippen MR) is 57.5 cm³/mol. The molecule has 1 aromatic rings. The van der Waals surface area contributed by atoms with Crippen LogP contribution in [0.25, 0.3) is 0 Å². The standard InChI is InChI=1S/C10H17N3O/c1-3-14-9-5-4-6-12-10(9)13-7-8(2)11/h4-6,8H,3,7,11H2,1-2H3,(H,12,13). The van der Waals surface area contributed by atoms with Crippen LogP contribution in [0.2, 0.25) is 0 Å². The van der Waals surface area contributed by atoms with Crippen LogP contribution in [-0.4, -0.2) is 24.2 Å². The maximum atomic E-state index is 5.63. The van der Waals surface area contributed by atoms with E-state index in [2.05, 4.69) is 10.3 Å². The number of hydrogen-bond donors (Lipinski definition) is 2. The Morgan fingerprint density at radius 1 is 1.64 bits per heavy atom. The molecule has 1 atom stereocenters. The van der Waals surface area contributed by atoms with Gasteiger partial charge in [0.1, 0.15) is 0 Å². The van der Waals surface area contributed by atoms with Crippen LogP contribution in [0.1, 0.15) is 13.8 Å². The molecule has 78 valence electrons. The highest BCUT2D eigenvalue weighted by molar-refractivity contribution is 5.49. The first-order valence-electron chi connectivity index (χ1n) is 4.81. The summed E-state index contributed by atoms with van der Waals surface area (Å²) in [7, 11) is 0. The van der Waals surface area contributed by atoms with Crippen molar-refractivity contribution < 1.29 is 4.74 Å². The van der Waals surface area contributed by atoms with E-state index in [0.29, 0.717) is 13.2 Å². The lowest BCUT2D eigenvalue weighted by molar-refractivity contribution is 0.340. The number of ether oxygens (including phenoxy) is 1. The Kier molecular flexibility index (Phi) is 4.19. The number of anilines is 1. The largest absolute Gasteiger partial charge is 0.490 e. The third-order valence-corrected chi connectivity index (χ3v) is 1.66. The van der Waals surface area contributed by atoms with E-state index in [1.807, 2.05) is 26.0 Å². The number of nitrogens with one attached hydrogen (secondary N) is 1. The van der Waals surface area contributed by atoms with E-state index < -0.39 is 0 Å². The van der Waals surface area contributed by atoms with Gasteiger partial charge in [-0.1, -0.05) is 0 Å². The van der Waals surface area contributed by atoms with Gasteiger partial charge in [-0.3, -0.25) is 0 Å². The SMILES string of the molecule is CCOc1cccnc1NCC(C)N. The Morgan fingerprint density at radius 3 is 3.07 bits per heavy atom. The van der Waals surface area contributed by atoms with Gasteiger partial charge in [0.05, 0.1) is 6.61 Å². The molecule has 0 aliphatic heterocycles. The maximum Gasteiger partial charge on any atom is 0.168 e. The molecule has 0 fully saturated rings. The molecule has 0 aliphatic rings. The number of hydrogen-bond acceptors (Lipinski definition) is 4. The molecule has 1 rings (SSSR count). The molecule has 0 aromatic carbocycles. The van der Waals surface area contributed by atoms with Crippen LogP contribution >= 0.6 is 0 Å². The topological polar surface area (TPSA) is 60.2 Å². The Labute approximate surface area is 84.5 Å². The fourth-order valence-electron chi connectivity index (χ4n) is 1.05. The van der Waals surface area contributed by atoms with E-state index in [9.17, 15) is 0 Å². The molecule has 1 unspecified atom stereocenters. The molecule has 0 spiro atoms. The Morgan fingerprint density at radius 2 is 2.43 bits per heavy atom. The number of rotatable bonds is 5. The van der Waals surface area contributed by atoms with Crippen LogP contribution in [0, 0.1) is 0 Å². The van der Waals surface area contributed by atoms with Crippen molar-refractivity contribution in [3.8, 4) is 5.75 Å². The summed E-state index contributed by atoms with van der Waals surface area (Å²) in [6.45, 7) is 5.22. The van der Waals surface area contributed by atoms with Crippen molar-refractivity contribution in [2.45, 2.75) is 19.9 Å². The van der Waals surface area contributed by atoms with Gasteiger partial charge in [-0.2, -0.15) is 0 Å². The molecule has 3 N–H and O–H groups in total. The average Bonchev–Trinajstić information content (AvgIpc) is 2.17. The van der Waals surface area contributed by atoms with Gasteiger partial charge in [0.15, 0.2) is 11.6 Å². The molecule has 0 amide bonds. The van der Waals surface area contributed by atoms with Gasteiger partial charge in [-0.15, -0.1) is 0 Å². The number of pyridine rings is 1. The molecule has 0 saturated carbocycles. The summed E-state index contributed by atoms with van der Waals surface area (Å²) in [6, 6.07) is 3.84. The quantitative estimate of drug-likeness (QED) is 0.742. The van der Waals surface area contributed by atoms with Crippen LogP contribution in [0.4, 0.5) is 5.82 Å². The zero-order chi connectivity index (χ0) is 10.4. The summed E-state index contributed by atoms with van der Waals surface area (Å²) in [5.74, 6) is 1.53. The van der Waals surface area contributed by atoms with Gasteiger partial charge in [-0.05, 0) is 26.0 Å². The van der Waals surface area contributed by atoms with E-state index in [4.69, 9.17) is 10.5 Å². The molecule has 0 bridgehead atoms. The highest BCUT2D eigenvalue weighted by Gasteiger charge is 2.03. The van der Waals surface area contributed by atoms with E-state index in [0.717, 1.165) is 11.6 Å². The highest BCUT2D eigenvalue weighted by Crippen LogP contribution is 2.20. The molecule has 0 aliphatic carbocycles. The second-order valence-corrected chi connectivity index (χ2v) is 3.14. The van der Waals surface area contributed by atoms with E-state index in [-0.39, 0.29) is 6.04 Å². The summed E-state index contributed by atoms with van der Waals surface area (Å²) in [6.07, 6.45) is 1.73. The van der Waals surface area contributed by atoms with Crippen molar-refractivity contribution in [3.63, 3.8) is 0 Å². The molecular weight excluding hydrogens is 178 g/mol. The van der Waals surface area contributed by atoms with Crippen LogP contribution in [0.3, 0.4) is 0 Å². The lowest BCUT2D eigenvalue weighted by Gasteiger charge is -2.12. The number of nitrogens with two attached hydrogens (primary N) is 1. The minimum atomic E-state index is 0.103. The Balaban J connectivity index is 2.64. The summed E-state index contributed by atoms with van der Waals surface area (Å²) < 4.78 is 5.40. The lowest BCUT2D eigenvalue weighted by Crippen LogP contribution is -2.25. The molecular formula is C10H17N3O. The normalized spacial score (nSPS) is 12.2. The molecule has 0 radical (unpaired) electrons. The molecule has 4 heteroatoms. The number of aromatic nitrogens is 1. The first kappa shape index (κ1) is 10.8. The summed E-state index contributed by atoms with van der Waals surface area (Å²) in [5.41, 5.74) is 5.63. The zero-order valence-electron chi connectivity index (χ0n) is 8.66. The smallest absolute Gasteiger partial charge is 0.168 e. The van der Waals surface area contributed by atoms with Gasteiger partial charge in [0, 0.05) is 18.8 Å². The van der Waals surface area contributed by atoms with E-state index in [1.54, 1.807) is 6.20 Å². The second kappa shape index (κ2) is 5.44. The minimum absolute atomic E-state index is 0.103. The Hall–Kier alpha value is -1.29. The van der Waals surface area contributed by atoms with Gasteiger partial charge in [0.2, 0.25) is 0 Å². The maximum absolute atomic E-state index is 5.63. The van der Waals surface area contributed by atoms with Crippen LogP contribution < -0.4 is 15.8 Å². The van der Waals surface area contributed by atoms with Crippen LogP contribution in [-0.2, 0) is 0 Å². The lowest BCUT2D eigenvalue weighted by atomic mass is 10.3. The summed E-state index contributed by atoms with van der Waals surface area (Å²) >= 11 is 0. The zero-order valence-corrected chi connectivity index (χ0v) is 8.66. The van der Waals surface area contributed by atoms with Crippen molar-refractivity contribution in [1.82, 2.24) is 4.98 Å². The van der Waals surface area contributed by atoms with Gasteiger partial charge in [0.25, 0.3) is 0 Å². The third kappa shape index (κ3) is 3.22. The summed E-state index contributed by atoms with van der Waals surface area (Å²) in [4.78, 5) is 4.18. The molecule has 0 saturated heterocycles. The molecule has 4 nitrogen and oxygen atoms in total. The van der Waals surface area contributed by atoms with Crippen LogP contribution in [0.5, 0.6) is 5.75 Å². The van der Waals surface area contributed by atoms with Crippen LogP contribution in [0.15, 0.2) is 18.3 Å². The van der Waals surface area contributed by atoms with Gasteiger partial charge >= 0.3 is 0 Å². The fourth-order valence-corrected chi connectivity index (χ4v) is 1.05. The Bertz CT molecular complexity index is 276. The first-order valence-corrected chi connectivity index (χ1v) is 4.81. The fraction of sp³-hybridized carbons (Fsp3) is 0.500. The predicted octanol–water partition coefficient (Wildman–Crippen LogP) is 1.24. The summed E-state index contributed by atoms with van der Waals surface area (Å²) in [5, 5.41) is 3.14. The van der Waals surface area contributed by atoms with Crippen molar-refractivity contribution in [2.75, 3.05) is 18.5 Å². The molecule has 1 aromatic heterocycles.